The average Bonchev–Trinajstić information content (AvgIpc) is 3.26. The molecule has 0 aromatic heterocycles. The molecule has 2 aromatic carbocycles. The molecule has 0 aliphatic carbocycles. The third-order valence-electron chi connectivity index (χ3n) is 6.42. The van der Waals surface area contributed by atoms with Gasteiger partial charge in [-0.1, -0.05) is 18.6 Å². The van der Waals surface area contributed by atoms with Crippen LogP contribution in [-0.4, -0.2) is 54.9 Å². The van der Waals surface area contributed by atoms with Crippen LogP contribution in [0.15, 0.2) is 47.6 Å². The predicted molar refractivity (Wildman–Crippen MR) is 122 cm³/mol. The third kappa shape index (κ3) is 4.63. The molecule has 2 aromatic rings. The Morgan fingerprint density at radius 3 is 2.59 bits per heavy atom. The zero-order valence-corrected chi connectivity index (χ0v) is 18.9. The van der Waals surface area contributed by atoms with Gasteiger partial charge in [0.25, 0.3) is 5.91 Å². The number of nitrogens with zero attached hydrogens (tertiary/aromatic N) is 3. The van der Waals surface area contributed by atoms with Gasteiger partial charge in [0.05, 0.1) is 32.5 Å². The van der Waals surface area contributed by atoms with Crippen molar-refractivity contribution >= 4 is 11.6 Å². The first-order chi connectivity index (χ1) is 15.5. The molecule has 1 amide bonds. The Kier molecular flexibility index (Phi) is 6.74. The molecular weight excluding hydrogens is 409 g/mol. The van der Waals surface area contributed by atoms with Gasteiger partial charge in [-0.05, 0) is 56.1 Å². The maximum absolute atomic E-state index is 13.5. The van der Waals surface area contributed by atoms with E-state index in [2.05, 4.69) is 11.8 Å². The Balaban J connectivity index is 1.65. The lowest BCUT2D eigenvalue weighted by atomic mass is 9.97. The number of hydrogen-bond acceptors (Lipinski definition) is 5. The van der Waals surface area contributed by atoms with Gasteiger partial charge in [-0.25, -0.2) is 9.40 Å². The van der Waals surface area contributed by atoms with Gasteiger partial charge in [0.15, 0.2) is 0 Å². The quantitative estimate of drug-likeness (QED) is 0.670. The molecule has 2 aliphatic rings. The number of hydrogen-bond donors (Lipinski definition) is 0. The van der Waals surface area contributed by atoms with Crippen molar-refractivity contribution < 1.29 is 18.7 Å². The van der Waals surface area contributed by atoms with E-state index in [1.165, 1.54) is 18.6 Å². The molecule has 170 valence electrons. The van der Waals surface area contributed by atoms with Gasteiger partial charge >= 0.3 is 0 Å². The van der Waals surface area contributed by atoms with Gasteiger partial charge in [-0.2, -0.15) is 5.10 Å². The molecule has 2 heterocycles. The number of carbonyl (C=O) groups is 1. The fraction of sp³-hybridized carbons (Fsp3) is 0.440. The lowest BCUT2D eigenvalue weighted by Crippen LogP contribution is -2.44. The van der Waals surface area contributed by atoms with Crippen molar-refractivity contribution in [2.45, 2.75) is 44.7 Å². The summed E-state index contributed by atoms with van der Waals surface area (Å²) in [5.41, 5.74) is 2.44. The minimum atomic E-state index is -0.301. The van der Waals surface area contributed by atoms with E-state index >= 15 is 0 Å². The summed E-state index contributed by atoms with van der Waals surface area (Å²) in [4.78, 5) is 15.6. The Morgan fingerprint density at radius 2 is 1.91 bits per heavy atom. The summed E-state index contributed by atoms with van der Waals surface area (Å²) in [5, 5.41) is 6.33. The van der Waals surface area contributed by atoms with Crippen LogP contribution < -0.4 is 9.47 Å². The molecule has 2 aliphatic heterocycles. The number of rotatable bonds is 6. The van der Waals surface area contributed by atoms with Crippen molar-refractivity contribution in [3.05, 3.63) is 59.4 Å². The van der Waals surface area contributed by atoms with E-state index in [-0.39, 0.29) is 17.8 Å². The highest BCUT2D eigenvalue weighted by molar-refractivity contribution is 6.05. The first kappa shape index (κ1) is 22.3. The molecule has 0 saturated carbocycles. The van der Waals surface area contributed by atoms with Crippen LogP contribution in [0.1, 0.15) is 49.8 Å². The molecule has 0 radical (unpaired) electrons. The highest BCUT2D eigenvalue weighted by atomic mass is 19.1. The second kappa shape index (κ2) is 9.69. The zero-order chi connectivity index (χ0) is 22.7. The molecule has 1 saturated heterocycles. The normalized spacial score (nSPS) is 21.4. The molecular formula is C25H30FN3O3. The zero-order valence-electron chi connectivity index (χ0n) is 18.9. The van der Waals surface area contributed by atoms with Crippen molar-refractivity contribution in [2.75, 3.05) is 27.3 Å². The Bertz CT molecular complexity index is 992. The largest absolute Gasteiger partial charge is 0.497 e. The first-order valence-electron chi connectivity index (χ1n) is 11.1. The molecule has 2 atom stereocenters. The summed E-state index contributed by atoms with van der Waals surface area (Å²) < 4.78 is 24.4. The first-order valence-corrected chi connectivity index (χ1v) is 11.1. The number of carbonyl (C=O) groups excluding carboxylic acids is 1. The van der Waals surface area contributed by atoms with E-state index in [0.717, 1.165) is 36.2 Å². The Morgan fingerprint density at radius 1 is 1.12 bits per heavy atom. The summed E-state index contributed by atoms with van der Waals surface area (Å²) in [5.74, 6) is 0.978. The van der Waals surface area contributed by atoms with Crippen LogP contribution in [0.3, 0.4) is 0 Å². The van der Waals surface area contributed by atoms with E-state index < -0.39 is 0 Å². The van der Waals surface area contributed by atoms with Crippen molar-refractivity contribution in [1.29, 1.82) is 0 Å². The molecule has 1 fully saturated rings. The van der Waals surface area contributed by atoms with Crippen molar-refractivity contribution in [3.8, 4) is 11.5 Å². The number of amides is 1. The van der Waals surface area contributed by atoms with Crippen LogP contribution >= 0.6 is 0 Å². The van der Waals surface area contributed by atoms with Crippen molar-refractivity contribution in [3.63, 3.8) is 0 Å². The predicted octanol–water partition coefficient (Wildman–Crippen LogP) is 4.40. The van der Waals surface area contributed by atoms with E-state index in [1.807, 2.05) is 18.2 Å². The van der Waals surface area contributed by atoms with E-state index in [4.69, 9.17) is 14.6 Å². The summed E-state index contributed by atoms with van der Waals surface area (Å²) in [7, 11) is 3.21. The summed E-state index contributed by atoms with van der Waals surface area (Å²) in [6.07, 6.45) is 3.94. The van der Waals surface area contributed by atoms with Gasteiger partial charge in [0, 0.05) is 24.1 Å². The van der Waals surface area contributed by atoms with Crippen LogP contribution in [0.5, 0.6) is 11.5 Å². The molecule has 0 spiro atoms. The molecule has 6 nitrogen and oxygen atoms in total. The number of halogens is 1. The van der Waals surface area contributed by atoms with Gasteiger partial charge in [0.1, 0.15) is 17.3 Å². The van der Waals surface area contributed by atoms with Crippen molar-refractivity contribution in [2.24, 2.45) is 5.10 Å². The minimum Gasteiger partial charge on any atom is -0.497 e. The van der Waals surface area contributed by atoms with Crippen LogP contribution in [0.2, 0.25) is 0 Å². The van der Waals surface area contributed by atoms with E-state index in [9.17, 15) is 9.18 Å². The maximum atomic E-state index is 13.5. The fourth-order valence-corrected chi connectivity index (χ4v) is 4.52. The second-order valence-corrected chi connectivity index (χ2v) is 8.44. The molecule has 7 heteroatoms. The highest BCUT2D eigenvalue weighted by Crippen LogP contribution is 2.36. The molecule has 0 unspecified atom stereocenters. The lowest BCUT2D eigenvalue weighted by molar-refractivity contribution is -0.135. The Hall–Kier alpha value is -2.93. The molecule has 32 heavy (non-hydrogen) atoms. The van der Waals surface area contributed by atoms with E-state index in [0.29, 0.717) is 30.5 Å². The number of hydrazone groups is 1. The third-order valence-corrected chi connectivity index (χ3v) is 6.42. The number of benzene rings is 2. The maximum Gasteiger partial charge on any atom is 0.257 e. The number of piperidine rings is 1. The SMILES string of the molecule is COc1ccc(C2=NN(C(=O)CN3CCCC[C@@H]3C)[C@H](c3ccc(F)cc3)C2)c(OC)c1. The second-order valence-electron chi connectivity index (χ2n) is 8.44. The van der Waals surface area contributed by atoms with E-state index in [1.54, 1.807) is 31.4 Å². The average molecular weight is 440 g/mol. The van der Waals surface area contributed by atoms with Gasteiger partial charge in [0.2, 0.25) is 0 Å². The molecule has 4 rings (SSSR count). The standard InChI is InChI=1S/C25H30FN3O3/c1-17-6-4-5-13-28(17)16-25(30)29-23(18-7-9-19(26)10-8-18)15-22(27-29)21-12-11-20(31-2)14-24(21)32-3/h7-12,14,17,23H,4-6,13,15-16H2,1-3H3/t17-,23-/m0/s1. The topological polar surface area (TPSA) is 54.4 Å². The summed E-state index contributed by atoms with van der Waals surface area (Å²) in [6, 6.07) is 12.0. The Labute approximate surface area is 188 Å². The summed E-state index contributed by atoms with van der Waals surface area (Å²) >= 11 is 0. The lowest BCUT2D eigenvalue weighted by Gasteiger charge is -2.34. The molecule has 0 bridgehead atoms. The highest BCUT2D eigenvalue weighted by Gasteiger charge is 2.35. The fourth-order valence-electron chi connectivity index (χ4n) is 4.52. The van der Waals surface area contributed by atoms with Crippen LogP contribution in [0.4, 0.5) is 4.39 Å². The van der Waals surface area contributed by atoms with Crippen LogP contribution in [0.25, 0.3) is 0 Å². The minimum absolute atomic E-state index is 0.0458. The number of likely N-dealkylation sites (tertiary alicyclic amines) is 1. The number of ether oxygens (including phenoxy) is 2. The summed E-state index contributed by atoms with van der Waals surface area (Å²) in [6.45, 7) is 3.42. The monoisotopic (exact) mass is 439 g/mol. The van der Waals surface area contributed by atoms with Crippen LogP contribution in [-0.2, 0) is 4.79 Å². The van der Waals surface area contributed by atoms with Crippen molar-refractivity contribution in [1.82, 2.24) is 9.91 Å². The van der Waals surface area contributed by atoms with Crippen LogP contribution in [0, 0.1) is 5.82 Å². The number of methoxy groups -OCH3 is 2. The van der Waals surface area contributed by atoms with Gasteiger partial charge < -0.3 is 9.47 Å². The smallest absolute Gasteiger partial charge is 0.257 e. The molecule has 0 N–H and O–H groups in total. The van der Waals surface area contributed by atoms with Gasteiger partial charge in [-0.15, -0.1) is 0 Å². The van der Waals surface area contributed by atoms with Gasteiger partial charge in [-0.3, -0.25) is 9.69 Å².